The van der Waals surface area contributed by atoms with Gasteiger partial charge in [-0.15, -0.1) is 0 Å². The van der Waals surface area contributed by atoms with E-state index in [-0.39, 0.29) is 29.5 Å². The van der Waals surface area contributed by atoms with E-state index in [2.05, 4.69) is 4.74 Å². The summed E-state index contributed by atoms with van der Waals surface area (Å²) in [5.74, 6) is -1.19. The molecule has 1 atom stereocenters. The van der Waals surface area contributed by atoms with Gasteiger partial charge in [0.1, 0.15) is 12.4 Å². The molecule has 0 bridgehead atoms. The molecule has 0 spiro atoms. The lowest BCUT2D eigenvalue weighted by Gasteiger charge is -2.17. The van der Waals surface area contributed by atoms with Gasteiger partial charge in [0.05, 0.1) is 12.7 Å². The number of hydrogen-bond acceptors (Lipinski definition) is 4. The molecule has 0 N–H and O–H groups in total. The molecule has 1 aromatic heterocycles. The number of rotatable bonds is 5. The van der Waals surface area contributed by atoms with Crippen molar-refractivity contribution in [2.24, 2.45) is 5.92 Å². The number of carbonyl (C=O) groups excluding carboxylic acids is 2. The molecule has 0 saturated carbocycles. The zero-order valence-corrected chi connectivity index (χ0v) is 15.1. The number of carbonyl (C=O) groups is 2. The first-order valence-corrected chi connectivity index (χ1v) is 8.78. The molecule has 0 radical (unpaired) electrons. The summed E-state index contributed by atoms with van der Waals surface area (Å²) in [5, 5.41) is 0. The molecule has 1 fully saturated rings. The highest BCUT2D eigenvalue weighted by atomic mass is 19.1. The highest BCUT2D eigenvalue weighted by Gasteiger charge is 2.27. The Kier molecular flexibility index (Phi) is 5.69. The molecule has 0 aliphatic carbocycles. The average molecular weight is 372 g/mol. The van der Waals surface area contributed by atoms with Gasteiger partial charge >= 0.3 is 5.97 Å². The van der Waals surface area contributed by atoms with Gasteiger partial charge in [0.15, 0.2) is 0 Å². The van der Waals surface area contributed by atoms with E-state index in [1.54, 1.807) is 29.3 Å². The Morgan fingerprint density at radius 1 is 1.26 bits per heavy atom. The predicted molar refractivity (Wildman–Crippen MR) is 96.8 cm³/mol. The molecule has 2 aromatic rings. The lowest BCUT2D eigenvalue weighted by atomic mass is 9.97. The molecule has 3 rings (SSSR count). The molecule has 1 aromatic carbocycles. The third-order valence-electron chi connectivity index (χ3n) is 4.80. The van der Waals surface area contributed by atoms with Gasteiger partial charge in [-0.1, -0.05) is 12.1 Å². The predicted octanol–water partition coefficient (Wildman–Crippen LogP) is 1.87. The summed E-state index contributed by atoms with van der Waals surface area (Å²) < 4.78 is 19.7. The van der Waals surface area contributed by atoms with Crippen molar-refractivity contribution >= 4 is 11.9 Å². The lowest BCUT2D eigenvalue weighted by Crippen LogP contribution is -2.34. The summed E-state index contributed by atoms with van der Waals surface area (Å²) >= 11 is 0. The molecule has 7 heteroatoms. The van der Waals surface area contributed by atoms with Crippen molar-refractivity contribution in [2.45, 2.75) is 19.4 Å². The SMILES string of the molecule is COC(=O)c1cc(CC2CCN(C(=O)Cn3ccccc3=O)C2)ccc1F. The largest absolute Gasteiger partial charge is 0.465 e. The first-order chi connectivity index (χ1) is 13.0. The van der Waals surface area contributed by atoms with Crippen LogP contribution in [-0.2, 0) is 22.5 Å². The van der Waals surface area contributed by atoms with Crippen molar-refractivity contribution in [3.8, 4) is 0 Å². The fourth-order valence-electron chi connectivity index (χ4n) is 3.36. The number of pyridine rings is 1. The van der Waals surface area contributed by atoms with Gasteiger partial charge in [-0.05, 0) is 42.5 Å². The third kappa shape index (κ3) is 4.42. The monoisotopic (exact) mass is 372 g/mol. The number of halogens is 1. The second kappa shape index (κ2) is 8.16. The van der Waals surface area contributed by atoms with Crippen molar-refractivity contribution in [3.63, 3.8) is 0 Å². The van der Waals surface area contributed by atoms with E-state index < -0.39 is 11.8 Å². The van der Waals surface area contributed by atoms with Crippen LogP contribution in [0.2, 0.25) is 0 Å². The van der Waals surface area contributed by atoms with Crippen LogP contribution in [0.4, 0.5) is 4.39 Å². The standard InChI is InChI=1S/C20H21FN2O4/c1-27-20(26)16-11-14(5-6-17(16)21)10-15-7-9-23(12-15)19(25)13-22-8-3-2-4-18(22)24/h2-6,8,11,15H,7,9-10,12-13H2,1H3. The van der Waals surface area contributed by atoms with Crippen LogP contribution in [0.25, 0.3) is 0 Å². The molecule has 2 heterocycles. The number of likely N-dealkylation sites (tertiary alicyclic amines) is 1. The van der Waals surface area contributed by atoms with Crippen LogP contribution >= 0.6 is 0 Å². The molecule has 1 aliphatic heterocycles. The van der Waals surface area contributed by atoms with Crippen LogP contribution in [0.5, 0.6) is 0 Å². The normalized spacial score (nSPS) is 16.4. The number of hydrogen-bond donors (Lipinski definition) is 0. The lowest BCUT2D eigenvalue weighted by molar-refractivity contribution is -0.130. The van der Waals surface area contributed by atoms with E-state index in [4.69, 9.17) is 0 Å². The summed E-state index contributed by atoms with van der Waals surface area (Å²) in [6.45, 7) is 1.22. The number of ether oxygens (including phenoxy) is 1. The van der Waals surface area contributed by atoms with Crippen molar-refractivity contribution < 1.29 is 18.7 Å². The van der Waals surface area contributed by atoms with Crippen molar-refractivity contribution in [1.29, 1.82) is 0 Å². The maximum atomic E-state index is 13.7. The third-order valence-corrected chi connectivity index (χ3v) is 4.80. The van der Waals surface area contributed by atoms with Crippen LogP contribution in [0.3, 0.4) is 0 Å². The summed E-state index contributed by atoms with van der Waals surface area (Å²) in [7, 11) is 1.22. The number of methoxy groups -OCH3 is 1. The molecular weight excluding hydrogens is 351 g/mol. The fourth-order valence-corrected chi connectivity index (χ4v) is 3.36. The molecular formula is C20H21FN2O4. The summed E-state index contributed by atoms with van der Waals surface area (Å²) in [6.07, 6.45) is 3.06. The molecule has 27 heavy (non-hydrogen) atoms. The first-order valence-electron chi connectivity index (χ1n) is 8.78. The molecule has 1 amide bonds. The molecule has 6 nitrogen and oxygen atoms in total. The van der Waals surface area contributed by atoms with Crippen LogP contribution in [0, 0.1) is 11.7 Å². The van der Waals surface area contributed by atoms with Gasteiger partial charge in [0.25, 0.3) is 5.56 Å². The quantitative estimate of drug-likeness (QED) is 0.752. The Labute approximate surface area is 156 Å². The number of nitrogens with zero attached hydrogens (tertiary/aromatic N) is 2. The molecule has 1 unspecified atom stereocenters. The number of esters is 1. The van der Waals surface area contributed by atoms with Crippen molar-refractivity contribution in [1.82, 2.24) is 9.47 Å². The Balaban J connectivity index is 1.61. The van der Waals surface area contributed by atoms with Crippen LogP contribution in [0.1, 0.15) is 22.3 Å². The topological polar surface area (TPSA) is 68.6 Å². The summed E-state index contributed by atoms with van der Waals surface area (Å²) in [6, 6.07) is 9.20. The minimum atomic E-state index is -0.703. The van der Waals surface area contributed by atoms with Crippen LogP contribution < -0.4 is 5.56 Å². The molecule has 142 valence electrons. The minimum Gasteiger partial charge on any atom is -0.465 e. The van der Waals surface area contributed by atoms with Gasteiger partial charge in [-0.2, -0.15) is 0 Å². The second-order valence-corrected chi connectivity index (χ2v) is 6.67. The van der Waals surface area contributed by atoms with Gasteiger partial charge < -0.3 is 14.2 Å². The minimum absolute atomic E-state index is 0.0232. The average Bonchev–Trinajstić information content (AvgIpc) is 3.13. The van der Waals surface area contributed by atoms with E-state index in [1.165, 1.54) is 29.9 Å². The first kappa shape index (κ1) is 18.8. The molecule has 1 saturated heterocycles. The number of benzene rings is 1. The summed E-state index contributed by atoms with van der Waals surface area (Å²) in [5.41, 5.74) is 0.544. The van der Waals surface area contributed by atoms with E-state index >= 15 is 0 Å². The number of aromatic nitrogens is 1. The number of amides is 1. The Bertz CT molecular complexity index is 909. The Morgan fingerprint density at radius 3 is 2.81 bits per heavy atom. The van der Waals surface area contributed by atoms with Gasteiger partial charge in [-0.25, -0.2) is 9.18 Å². The zero-order valence-electron chi connectivity index (χ0n) is 15.1. The maximum Gasteiger partial charge on any atom is 0.340 e. The smallest absolute Gasteiger partial charge is 0.340 e. The Hall–Kier alpha value is -2.96. The van der Waals surface area contributed by atoms with E-state index in [0.717, 1.165) is 12.0 Å². The van der Waals surface area contributed by atoms with Gasteiger partial charge in [-0.3, -0.25) is 9.59 Å². The van der Waals surface area contributed by atoms with Crippen molar-refractivity contribution in [3.05, 3.63) is 69.9 Å². The highest BCUT2D eigenvalue weighted by Crippen LogP contribution is 2.22. The highest BCUT2D eigenvalue weighted by molar-refractivity contribution is 5.89. The van der Waals surface area contributed by atoms with Crippen LogP contribution in [0.15, 0.2) is 47.4 Å². The molecule has 1 aliphatic rings. The Morgan fingerprint density at radius 2 is 2.07 bits per heavy atom. The van der Waals surface area contributed by atoms with E-state index in [1.807, 2.05) is 0 Å². The summed E-state index contributed by atoms with van der Waals surface area (Å²) in [4.78, 5) is 37.6. The zero-order chi connectivity index (χ0) is 19.4. The van der Waals surface area contributed by atoms with Crippen molar-refractivity contribution in [2.75, 3.05) is 20.2 Å². The maximum absolute atomic E-state index is 13.7. The van der Waals surface area contributed by atoms with E-state index in [0.29, 0.717) is 19.5 Å². The van der Waals surface area contributed by atoms with Gasteiger partial charge in [0.2, 0.25) is 5.91 Å². The van der Waals surface area contributed by atoms with Crippen LogP contribution in [-0.4, -0.2) is 41.5 Å². The fraction of sp³-hybridized carbons (Fsp3) is 0.350. The van der Waals surface area contributed by atoms with E-state index in [9.17, 15) is 18.8 Å². The second-order valence-electron chi connectivity index (χ2n) is 6.67. The van der Waals surface area contributed by atoms with Gasteiger partial charge in [0, 0.05) is 25.4 Å².